The van der Waals surface area contributed by atoms with Gasteiger partial charge in [0.2, 0.25) is 0 Å². The monoisotopic (exact) mass is 214 g/mol. The van der Waals surface area contributed by atoms with Crippen molar-refractivity contribution in [1.82, 2.24) is 0 Å². The van der Waals surface area contributed by atoms with E-state index in [2.05, 4.69) is 4.99 Å². The molecule has 68 valence electrons. The van der Waals surface area contributed by atoms with Crippen LogP contribution in [0.2, 0.25) is 0 Å². The number of nitrogens with two attached hydrogens (primary N) is 1. The molecule has 0 fully saturated rings. The number of halogens is 4. The maximum atomic E-state index is 11.9. The molecule has 2 N–H and O–H groups in total. The molecule has 0 aliphatic carbocycles. The molecule has 0 saturated carbocycles. The molecule has 0 bridgehead atoms. The van der Waals surface area contributed by atoms with Crippen LogP contribution >= 0.6 is 11.6 Å². The molecule has 7 heteroatoms. The highest BCUT2D eigenvalue weighted by Gasteiger charge is 2.34. The fraction of sp³-hybridized carbons (Fsp3) is 0.400. The topological polar surface area (TPSA) is 38.4 Å². The first-order chi connectivity index (χ1) is 5.25. The number of allylic oxidation sites excluding steroid dienone is 2. The Bertz CT molecular complexity index is 229. The lowest BCUT2D eigenvalue weighted by atomic mass is 10.4. The summed E-state index contributed by atoms with van der Waals surface area (Å²) in [5.41, 5.74) is 4.83. The summed E-state index contributed by atoms with van der Waals surface area (Å²) in [6, 6.07) is 0. The highest BCUT2D eigenvalue weighted by Crippen LogP contribution is 2.31. The lowest BCUT2D eigenvalue weighted by molar-refractivity contribution is -0.0852. The highest BCUT2D eigenvalue weighted by molar-refractivity contribution is 6.58. The summed E-state index contributed by atoms with van der Waals surface area (Å²) in [6.45, 7) is 1.17. The van der Waals surface area contributed by atoms with Crippen LogP contribution in [0.1, 0.15) is 6.92 Å². The number of alkyl halides is 3. The average molecular weight is 215 g/mol. The molecule has 0 rings (SSSR count). The van der Waals surface area contributed by atoms with Gasteiger partial charge in [0.15, 0.2) is 0 Å². The summed E-state index contributed by atoms with van der Waals surface area (Å²) >= 11 is 5.38. The molecule has 0 saturated heterocycles. The van der Waals surface area contributed by atoms with Crippen LogP contribution in [0, 0.1) is 0 Å². The molecule has 2 nitrogen and oxygen atoms in total. The number of amidine groups is 1. The van der Waals surface area contributed by atoms with E-state index < -0.39 is 11.2 Å². The van der Waals surface area contributed by atoms with E-state index in [9.17, 15) is 13.2 Å². The molecule has 0 heterocycles. The summed E-state index contributed by atoms with van der Waals surface area (Å²) in [5.74, 6) is 0. The minimum Gasteiger partial charge on any atom is -0.403 e. The smallest absolute Gasteiger partial charge is 0.403 e. The molecule has 0 aromatic heterocycles. The van der Waals surface area contributed by atoms with Crippen molar-refractivity contribution < 1.29 is 13.2 Å². The van der Waals surface area contributed by atoms with Gasteiger partial charge in [-0.15, -0.1) is 0 Å². The van der Waals surface area contributed by atoms with Gasteiger partial charge in [0.05, 0.1) is 5.70 Å². The van der Waals surface area contributed by atoms with Gasteiger partial charge >= 0.3 is 22.5 Å². The Morgan fingerprint density at radius 3 is 2.17 bits per heavy atom. The number of rotatable bonds is 1. The van der Waals surface area contributed by atoms with Crippen LogP contribution < -0.4 is 5.73 Å². The summed E-state index contributed by atoms with van der Waals surface area (Å²) in [7, 11) is 0. The SMILES string of the molecule is C/C(N=[C](N)[AlH2])=C(\Cl)C(F)(F)F. The van der Waals surface area contributed by atoms with Crippen molar-refractivity contribution >= 4 is 32.6 Å². The normalized spacial score (nSPS) is 15.9. The molecule has 0 spiro atoms. The minimum absolute atomic E-state index is 0.176. The Labute approximate surface area is 80.7 Å². The minimum atomic E-state index is -4.54. The third-order valence-corrected chi connectivity index (χ3v) is 1.62. The van der Waals surface area contributed by atoms with Crippen molar-refractivity contribution in [1.29, 1.82) is 0 Å². The third-order valence-electron chi connectivity index (χ3n) is 0.911. The van der Waals surface area contributed by atoms with Crippen LogP contribution in [0.3, 0.4) is 0 Å². The number of aliphatic imine (C=N–C) groups is 1. The number of hydrogen-bond acceptors (Lipinski definition) is 1. The predicted octanol–water partition coefficient (Wildman–Crippen LogP) is 0.967. The van der Waals surface area contributed by atoms with Crippen LogP contribution in [0.25, 0.3) is 0 Å². The molecular weight excluding hydrogens is 207 g/mol. The van der Waals surface area contributed by atoms with Gasteiger partial charge in [0, 0.05) is 4.70 Å². The quantitative estimate of drug-likeness (QED) is 0.394. The van der Waals surface area contributed by atoms with E-state index in [1.165, 1.54) is 6.92 Å². The Kier molecular flexibility index (Phi) is 4.11. The largest absolute Gasteiger partial charge is 0.428 e. The van der Waals surface area contributed by atoms with Crippen molar-refractivity contribution in [2.24, 2.45) is 10.7 Å². The Morgan fingerprint density at radius 1 is 1.50 bits per heavy atom. The predicted molar refractivity (Wildman–Crippen MR) is 44.8 cm³/mol. The van der Waals surface area contributed by atoms with Gasteiger partial charge in [-0.05, 0) is 6.92 Å². The summed E-state index contributed by atoms with van der Waals surface area (Å²) in [5, 5.41) is -1.22. The Morgan fingerprint density at radius 2 is 1.92 bits per heavy atom. The maximum absolute atomic E-state index is 11.9. The fourth-order valence-corrected chi connectivity index (χ4v) is 0.896. The van der Waals surface area contributed by atoms with E-state index in [0.717, 1.165) is 0 Å². The van der Waals surface area contributed by atoms with E-state index in [1.807, 2.05) is 0 Å². The van der Waals surface area contributed by atoms with E-state index in [0.29, 0.717) is 16.3 Å². The second-order valence-electron chi connectivity index (χ2n) is 2.15. The van der Waals surface area contributed by atoms with Crippen molar-refractivity contribution in [2.45, 2.75) is 13.1 Å². The molecule has 0 aliphatic rings. The van der Waals surface area contributed by atoms with E-state index >= 15 is 0 Å². The van der Waals surface area contributed by atoms with Gasteiger partial charge in [-0.25, -0.2) is 0 Å². The second-order valence-corrected chi connectivity index (χ2v) is 3.55. The summed E-state index contributed by atoms with van der Waals surface area (Å²) in [6.07, 6.45) is -4.54. The molecular formula is C5H7AlClF3N2. The van der Waals surface area contributed by atoms with Crippen molar-refractivity contribution in [3.63, 3.8) is 0 Å². The second kappa shape index (κ2) is 4.17. The van der Waals surface area contributed by atoms with Crippen molar-refractivity contribution in [2.75, 3.05) is 0 Å². The zero-order chi connectivity index (χ0) is 9.94. The van der Waals surface area contributed by atoms with Crippen LogP contribution in [0.5, 0.6) is 0 Å². The van der Waals surface area contributed by atoms with Crippen LogP contribution in [0.4, 0.5) is 13.2 Å². The van der Waals surface area contributed by atoms with Crippen molar-refractivity contribution in [3.05, 3.63) is 10.7 Å². The molecule has 0 amide bonds. The maximum Gasteiger partial charge on any atom is 0.428 e. The standard InChI is InChI=1S/C5H5ClF3N2.Al.2H/c1-3(11-2-10)4(6)5(7,8)9;;;/h1H3,(H2,10,11);;;/b4-3+;;;. The lowest BCUT2D eigenvalue weighted by Gasteiger charge is -2.05. The van der Waals surface area contributed by atoms with Gasteiger partial charge in [-0.3, -0.25) is 4.99 Å². The first-order valence-corrected chi connectivity index (χ1v) is 4.37. The van der Waals surface area contributed by atoms with Crippen LogP contribution in [-0.4, -0.2) is 27.2 Å². The van der Waals surface area contributed by atoms with E-state index in [1.54, 1.807) is 0 Å². The molecule has 0 aromatic carbocycles. The first kappa shape index (κ1) is 11.8. The fourth-order valence-electron chi connectivity index (χ4n) is 0.519. The van der Waals surface area contributed by atoms with Gasteiger partial charge in [-0.2, -0.15) is 13.2 Å². The van der Waals surface area contributed by atoms with Crippen molar-refractivity contribution in [3.8, 4) is 0 Å². The molecule has 0 aromatic rings. The molecule has 0 radical (unpaired) electrons. The van der Waals surface area contributed by atoms with E-state index in [-0.39, 0.29) is 10.4 Å². The lowest BCUT2D eigenvalue weighted by Crippen LogP contribution is -2.13. The molecule has 12 heavy (non-hydrogen) atoms. The van der Waals surface area contributed by atoms with Gasteiger partial charge in [0.1, 0.15) is 5.03 Å². The van der Waals surface area contributed by atoms with E-state index in [4.69, 9.17) is 17.3 Å². The number of nitrogens with zero attached hydrogens (tertiary/aromatic N) is 1. The zero-order valence-corrected chi connectivity index (χ0v) is 9.29. The first-order valence-electron chi connectivity index (χ1n) is 2.99. The van der Waals surface area contributed by atoms with Gasteiger partial charge in [-0.1, -0.05) is 11.6 Å². The Balaban J connectivity index is 4.83. The number of hydrogen-bond donors (Lipinski definition) is 1. The van der Waals surface area contributed by atoms with Crippen LogP contribution in [0.15, 0.2) is 15.7 Å². The Hall–Kier alpha value is -0.178. The average Bonchev–Trinajstić information content (AvgIpc) is 1.82. The molecule has 0 atom stereocenters. The van der Waals surface area contributed by atoms with Crippen LogP contribution in [-0.2, 0) is 0 Å². The van der Waals surface area contributed by atoms with Gasteiger partial charge < -0.3 is 5.73 Å². The highest BCUT2D eigenvalue weighted by atomic mass is 35.5. The van der Waals surface area contributed by atoms with Gasteiger partial charge in [0.25, 0.3) is 0 Å². The molecule has 0 unspecified atom stereocenters. The zero-order valence-electron chi connectivity index (χ0n) is 6.54. The summed E-state index contributed by atoms with van der Waals surface area (Å²) < 4.78 is 35.8. The summed E-state index contributed by atoms with van der Waals surface area (Å²) in [4.78, 5) is 3.43. The third kappa shape index (κ3) is 4.00. The molecule has 0 aliphatic heterocycles.